The molecule has 1 N–H and O–H groups in total. The predicted molar refractivity (Wildman–Crippen MR) is 153 cm³/mol. The van der Waals surface area contributed by atoms with E-state index in [-0.39, 0.29) is 6.10 Å². The first-order chi connectivity index (χ1) is 17.3. The molecule has 0 heterocycles. The summed E-state index contributed by atoms with van der Waals surface area (Å²) in [6.07, 6.45) is 3.21. The van der Waals surface area contributed by atoms with Crippen LogP contribution in [-0.2, 0) is 9.09 Å². The minimum absolute atomic E-state index is 0.0445. The highest BCUT2D eigenvalue weighted by Gasteiger charge is 2.43. The van der Waals surface area contributed by atoms with Crippen molar-refractivity contribution in [3.63, 3.8) is 0 Å². The van der Waals surface area contributed by atoms with Gasteiger partial charge in [0.2, 0.25) is 0 Å². The van der Waals surface area contributed by atoms with E-state index in [1.807, 2.05) is 99.0 Å². The Hall–Kier alpha value is -2.55. The molecule has 36 heavy (non-hydrogen) atoms. The van der Waals surface area contributed by atoms with Crippen LogP contribution in [0.15, 0.2) is 84.9 Å². The third kappa shape index (κ3) is 6.05. The van der Waals surface area contributed by atoms with Crippen molar-refractivity contribution in [1.29, 1.82) is 0 Å². The normalized spacial score (nSPS) is 22.6. The molecule has 0 unspecified atom stereocenters. The Morgan fingerprint density at radius 2 is 1.50 bits per heavy atom. The molecular formula is C31H41N2O2P. The molecule has 192 valence electrons. The number of nitrogens with zero attached hydrogens (tertiary/aromatic N) is 1. The van der Waals surface area contributed by atoms with E-state index in [9.17, 15) is 0 Å². The van der Waals surface area contributed by atoms with Crippen LogP contribution in [-0.4, -0.2) is 20.2 Å². The van der Waals surface area contributed by atoms with E-state index in [1.165, 1.54) is 6.42 Å². The standard InChI is InChI=1S/C31H41N2O2P/c1-23(2)29-21-16-24(3)22-30(29)35-36(34,28-19-17-27(18-20-28)33(4)5)31(25-12-8-6-9-13-25)32-26-14-10-7-11-15-26/h6-15,17-20,23-24,29-32H,16,21-22H2,1-5H3/t24-,29+,30-,31+,36-/m1/s1. The van der Waals surface area contributed by atoms with Crippen LogP contribution in [0.3, 0.4) is 0 Å². The van der Waals surface area contributed by atoms with Crippen molar-refractivity contribution >= 4 is 24.0 Å². The van der Waals surface area contributed by atoms with Gasteiger partial charge in [0.15, 0.2) is 0 Å². The zero-order chi connectivity index (χ0) is 25.7. The second kappa shape index (κ2) is 11.7. The van der Waals surface area contributed by atoms with E-state index >= 15 is 4.57 Å². The van der Waals surface area contributed by atoms with Gasteiger partial charge in [-0.05, 0) is 72.6 Å². The highest BCUT2D eigenvalue weighted by atomic mass is 31.2. The van der Waals surface area contributed by atoms with Crippen LogP contribution in [0, 0.1) is 17.8 Å². The van der Waals surface area contributed by atoms with Crippen LogP contribution >= 0.6 is 7.37 Å². The van der Waals surface area contributed by atoms with Crippen molar-refractivity contribution < 1.29 is 9.09 Å². The lowest BCUT2D eigenvalue weighted by atomic mass is 9.75. The van der Waals surface area contributed by atoms with Gasteiger partial charge in [-0.25, -0.2) is 0 Å². The van der Waals surface area contributed by atoms with Gasteiger partial charge in [-0.3, -0.25) is 4.57 Å². The summed E-state index contributed by atoms with van der Waals surface area (Å²) >= 11 is 0. The highest BCUT2D eigenvalue weighted by molar-refractivity contribution is 7.67. The van der Waals surface area contributed by atoms with Gasteiger partial charge in [0, 0.05) is 30.8 Å². The van der Waals surface area contributed by atoms with Gasteiger partial charge in [0.1, 0.15) is 5.78 Å². The molecular weight excluding hydrogens is 463 g/mol. The molecule has 4 nitrogen and oxygen atoms in total. The van der Waals surface area contributed by atoms with Crippen molar-refractivity contribution in [3.05, 3.63) is 90.5 Å². The molecule has 1 fully saturated rings. The average molecular weight is 505 g/mol. The van der Waals surface area contributed by atoms with Crippen LogP contribution in [0.2, 0.25) is 0 Å². The van der Waals surface area contributed by atoms with Crippen molar-refractivity contribution in [3.8, 4) is 0 Å². The minimum Gasteiger partial charge on any atom is -0.378 e. The Bertz CT molecular complexity index is 1130. The summed E-state index contributed by atoms with van der Waals surface area (Å²) in [5.74, 6) is 0.927. The summed E-state index contributed by atoms with van der Waals surface area (Å²) in [7, 11) is 0.618. The fourth-order valence-corrected chi connectivity index (χ4v) is 7.99. The topological polar surface area (TPSA) is 41.6 Å². The summed E-state index contributed by atoms with van der Waals surface area (Å²) < 4.78 is 22.4. The molecule has 0 amide bonds. The van der Waals surface area contributed by atoms with Crippen molar-refractivity contribution in [2.45, 2.75) is 51.9 Å². The fraction of sp³-hybridized carbons (Fsp3) is 0.419. The molecule has 0 radical (unpaired) electrons. The average Bonchev–Trinajstić information content (AvgIpc) is 2.88. The maximum Gasteiger partial charge on any atom is 0.258 e. The Labute approximate surface area is 217 Å². The summed E-state index contributed by atoms with van der Waals surface area (Å²) in [6.45, 7) is 6.83. The molecule has 1 aliphatic carbocycles. The number of para-hydroxylation sites is 1. The molecule has 0 aromatic heterocycles. The molecule has 5 heteroatoms. The highest BCUT2D eigenvalue weighted by Crippen LogP contribution is 2.61. The molecule has 0 bridgehead atoms. The van der Waals surface area contributed by atoms with E-state index in [0.717, 1.165) is 35.1 Å². The van der Waals surface area contributed by atoms with Gasteiger partial charge < -0.3 is 14.7 Å². The van der Waals surface area contributed by atoms with E-state index in [0.29, 0.717) is 17.8 Å². The SMILES string of the molecule is CC(C)[C@@H]1CC[C@@H](C)C[C@H]1O[P@](=O)(c1ccc(N(C)C)cc1)[C@H](Nc1ccccc1)c1ccccc1. The van der Waals surface area contributed by atoms with Crippen molar-refractivity contribution in [1.82, 2.24) is 0 Å². The smallest absolute Gasteiger partial charge is 0.258 e. The van der Waals surface area contributed by atoms with Gasteiger partial charge in [-0.2, -0.15) is 0 Å². The molecule has 4 rings (SSSR count). The van der Waals surface area contributed by atoms with Crippen LogP contribution in [0.1, 0.15) is 51.4 Å². The Morgan fingerprint density at radius 1 is 0.889 bits per heavy atom. The second-order valence-corrected chi connectivity index (χ2v) is 13.2. The third-order valence-corrected chi connectivity index (χ3v) is 10.2. The zero-order valence-electron chi connectivity index (χ0n) is 22.3. The number of anilines is 2. The van der Waals surface area contributed by atoms with Crippen LogP contribution in [0.25, 0.3) is 0 Å². The Balaban J connectivity index is 1.83. The summed E-state index contributed by atoms with van der Waals surface area (Å²) in [5.41, 5.74) is 2.97. The van der Waals surface area contributed by atoms with E-state index in [4.69, 9.17) is 4.52 Å². The summed E-state index contributed by atoms with van der Waals surface area (Å²) in [6, 6.07) is 28.2. The zero-order valence-corrected chi connectivity index (χ0v) is 23.2. The number of benzene rings is 3. The number of nitrogens with one attached hydrogen (secondary N) is 1. The molecule has 5 atom stereocenters. The minimum atomic E-state index is -3.42. The quantitative estimate of drug-likeness (QED) is 0.300. The predicted octanol–water partition coefficient (Wildman–Crippen LogP) is 7.94. The van der Waals surface area contributed by atoms with E-state index in [1.54, 1.807) is 0 Å². The fourth-order valence-electron chi connectivity index (χ4n) is 5.36. The molecule has 1 aliphatic rings. The number of hydrogen-bond donors (Lipinski definition) is 1. The van der Waals surface area contributed by atoms with Crippen LogP contribution in [0.4, 0.5) is 11.4 Å². The summed E-state index contributed by atoms with van der Waals surface area (Å²) in [5, 5.41) is 4.37. The van der Waals surface area contributed by atoms with Gasteiger partial charge in [0.25, 0.3) is 7.37 Å². The van der Waals surface area contributed by atoms with Crippen molar-refractivity contribution in [2.75, 3.05) is 24.3 Å². The first-order valence-corrected chi connectivity index (χ1v) is 14.9. The van der Waals surface area contributed by atoms with E-state index < -0.39 is 13.2 Å². The first kappa shape index (κ1) is 26.5. The molecule has 1 saturated carbocycles. The largest absolute Gasteiger partial charge is 0.378 e. The van der Waals surface area contributed by atoms with Crippen LogP contribution < -0.4 is 15.5 Å². The number of hydrogen-bond acceptors (Lipinski definition) is 4. The maximum atomic E-state index is 15.4. The summed E-state index contributed by atoms with van der Waals surface area (Å²) in [4.78, 5) is 2.06. The Kier molecular flexibility index (Phi) is 8.59. The lowest BCUT2D eigenvalue weighted by molar-refractivity contribution is 0.0489. The molecule has 0 aliphatic heterocycles. The molecule has 0 spiro atoms. The van der Waals surface area contributed by atoms with Gasteiger partial charge in [-0.15, -0.1) is 0 Å². The molecule has 3 aromatic carbocycles. The van der Waals surface area contributed by atoms with Gasteiger partial charge >= 0.3 is 0 Å². The van der Waals surface area contributed by atoms with Gasteiger partial charge in [-0.1, -0.05) is 75.7 Å². The maximum absolute atomic E-state index is 15.4. The monoisotopic (exact) mass is 504 g/mol. The van der Waals surface area contributed by atoms with Crippen LogP contribution in [0.5, 0.6) is 0 Å². The van der Waals surface area contributed by atoms with Crippen molar-refractivity contribution in [2.24, 2.45) is 17.8 Å². The Morgan fingerprint density at radius 3 is 2.08 bits per heavy atom. The lowest BCUT2D eigenvalue weighted by Crippen LogP contribution is -2.35. The van der Waals surface area contributed by atoms with Gasteiger partial charge in [0.05, 0.1) is 6.10 Å². The molecule has 3 aromatic rings. The number of rotatable bonds is 9. The lowest BCUT2D eigenvalue weighted by Gasteiger charge is -2.41. The van der Waals surface area contributed by atoms with E-state index in [2.05, 4.69) is 31.0 Å². The first-order valence-electron chi connectivity index (χ1n) is 13.2. The second-order valence-electron chi connectivity index (χ2n) is 10.8. The third-order valence-electron chi connectivity index (χ3n) is 7.51. The molecule has 0 saturated heterocycles.